The lowest BCUT2D eigenvalue weighted by Gasteiger charge is -2.14. The van der Waals surface area contributed by atoms with E-state index in [1.165, 1.54) is 6.07 Å². The highest BCUT2D eigenvalue weighted by molar-refractivity contribution is 6.30. The lowest BCUT2D eigenvalue weighted by Crippen LogP contribution is -2.17. The zero-order chi connectivity index (χ0) is 22.7. The number of amides is 1. The summed E-state index contributed by atoms with van der Waals surface area (Å²) in [6.45, 7) is 1.70. The summed E-state index contributed by atoms with van der Waals surface area (Å²) in [5.41, 5.74) is 3.15. The first-order chi connectivity index (χ1) is 15.4. The number of carbonyl (C=O) groups is 2. The van der Waals surface area contributed by atoms with Gasteiger partial charge in [0.05, 0.1) is 16.8 Å². The topological polar surface area (TPSA) is 79.5 Å². The Morgan fingerprint density at radius 2 is 1.66 bits per heavy atom. The monoisotopic (exact) mass is 445 g/mol. The van der Waals surface area contributed by atoms with Gasteiger partial charge in [-0.3, -0.25) is 4.79 Å². The fraction of sp³-hybridized carbons (Fsp3) is 0.0769. The van der Waals surface area contributed by atoms with E-state index in [-0.39, 0.29) is 11.3 Å². The number of carboxylic acids is 1. The number of benzene rings is 3. The van der Waals surface area contributed by atoms with E-state index in [2.05, 4.69) is 5.32 Å². The molecular formula is C26H20ClNO4. The van der Waals surface area contributed by atoms with Gasteiger partial charge >= 0.3 is 5.97 Å². The molecule has 1 aromatic heterocycles. The molecule has 0 aliphatic rings. The fourth-order valence-corrected chi connectivity index (χ4v) is 3.66. The molecule has 0 unspecified atom stereocenters. The number of furan rings is 1. The molecule has 4 aromatic rings. The molecule has 3 aromatic carbocycles. The van der Waals surface area contributed by atoms with Crippen LogP contribution in [0.3, 0.4) is 0 Å². The maximum absolute atomic E-state index is 13.1. The summed E-state index contributed by atoms with van der Waals surface area (Å²) in [4.78, 5) is 25.0. The van der Waals surface area contributed by atoms with Crippen molar-refractivity contribution in [3.63, 3.8) is 0 Å². The van der Waals surface area contributed by atoms with E-state index in [1.807, 2.05) is 36.4 Å². The van der Waals surface area contributed by atoms with Gasteiger partial charge in [-0.15, -0.1) is 0 Å². The number of hydrogen-bond acceptors (Lipinski definition) is 3. The van der Waals surface area contributed by atoms with Crippen molar-refractivity contribution >= 4 is 29.2 Å². The molecule has 0 radical (unpaired) electrons. The third kappa shape index (κ3) is 4.58. The van der Waals surface area contributed by atoms with E-state index in [0.717, 1.165) is 11.1 Å². The zero-order valence-electron chi connectivity index (χ0n) is 17.3. The molecule has 32 heavy (non-hydrogen) atoms. The minimum Gasteiger partial charge on any atom is -0.478 e. The molecule has 160 valence electrons. The average molecular weight is 446 g/mol. The van der Waals surface area contributed by atoms with Crippen LogP contribution in [-0.4, -0.2) is 17.0 Å². The van der Waals surface area contributed by atoms with E-state index in [1.54, 1.807) is 43.3 Å². The van der Waals surface area contributed by atoms with Crippen molar-refractivity contribution in [2.45, 2.75) is 13.3 Å². The number of rotatable bonds is 6. The molecule has 0 saturated heterocycles. The Morgan fingerprint density at radius 1 is 0.938 bits per heavy atom. The molecule has 1 amide bonds. The molecular weight excluding hydrogens is 426 g/mol. The second kappa shape index (κ2) is 9.12. The highest BCUT2D eigenvalue weighted by Crippen LogP contribution is 2.29. The Balaban J connectivity index is 1.67. The first-order valence-corrected chi connectivity index (χ1v) is 10.4. The summed E-state index contributed by atoms with van der Waals surface area (Å²) in [5.74, 6) is -0.583. The van der Waals surface area contributed by atoms with Gasteiger partial charge in [0, 0.05) is 10.6 Å². The predicted octanol–water partition coefficient (Wildman–Crippen LogP) is 6.45. The first kappa shape index (κ1) is 21.4. The van der Waals surface area contributed by atoms with Gasteiger partial charge in [-0.25, -0.2) is 4.79 Å². The second-order valence-electron chi connectivity index (χ2n) is 7.35. The van der Waals surface area contributed by atoms with Crippen molar-refractivity contribution in [3.8, 4) is 11.3 Å². The Morgan fingerprint density at radius 3 is 2.34 bits per heavy atom. The lowest BCUT2D eigenvalue weighted by atomic mass is 9.99. The average Bonchev–Trinajstić information content (AvgIpc) is 3.17. The van der Waals surface area contributed by atoms with Gasteiger partial charge in [0.1, 0.15) is 11.5 Å². The molecule has 0 atom stereocenters. The molecule has 5 nitrogen and oxygen atoms in total. The van der Waals surface area contributed by atoms with Crippen molar-refractivity contribution < 1.29 is 19.1 Å². The normalized spacial score (nSPS) is 10.7. The van der Waals surface area contributed by atoms with E-state index in [0.29, 0.717) is 34.1 Å². The van der Waals surface area contributed by atoms with Crippen LogP contribution in [-0.2, 0) is 6.42 Å². The molecule has 0 saturated carbocycles. The molecule has 0 fully saturated rings. The van der Waals surface area contributed by atoms with Gasteiger partial charge in [0.25, 0.3) is 5.91 Å². The second-order valence-corrected chi connectivity index (χ2v) is 7.79. The number of carbonyl (C=O) groups excluding carboxylic acids is 1. The number of para-hydroxylation sites is 1. The molecule has 0 aliphatic carbocycles. The zero-order valence-corrected chi connectivity index (χ0v) is 18.0. The summed E-state index contributed by atoms with van der Waals surface area (Å²) in [7, 11) is 0. The van der Waals surface area contributed by atoms with Crippen LogP contribution in [0.25, 0.3) is 11.3 Å². The summed E-state index contributed by atoms with van der Waals surface area (Å²) in [6, 6.07) is 23.4. The van der Waals surface area contributed by atoms with Gasteiger partial charge in [-0.1, -0.05) is 54.1 Å². The number of anilines is 1. The van der Waals surface area contributed by atoms with Crippen LogP contribution in [0.1, 0.15) is 37.6 Å². The molecule has 2 N–H and O–H groups in total. The van der Waals surface area contributed by atoms with Crippen LogP contribution in [0.4, 0.5) is 5.69 Å². The number of nitrogens with one attached hydrogen (secondary N) is 1. The minimum absolute atomic E-state index is 0.0332. The van der Waals surface area contributed by atoms with Crippen LogP contribution < -0.4 is 5.32 Å². The number of aromatic carboxylic acids is 1. The van der Waals surface area contributed by atoms with Crippen molar-refractivity contribution in [2.75, 3.05) is 5.32 Å². The fourth-order valence-electron chi connectivity index (χ4n) is 3.53. The first-order valence-electron chi connectivity index (χ1n) is 9.99. The van der Waals surface area contributed by atoms with Crippen LogP contribution in [0.2, 0.25) is 5.02 Å². The minimum atomic E-state index is -1.11. The van der Waals surface area contributed by atoms with Gasteiger partial charge in [0.15, 0.2) is 0 Å². The van der Waals surface area contributed by atoms with Crippen LogP contribution >= 0.6 is 11.6 Å². The highest BCUT2D eigenvalue weighted by atomic mass is 35.5. The summed E-state index contributed by atoms with van der Waals surface area (Å²) >= 11 is 5.95. The maximum atomic E-state index is 13.1. The Hall–Kier alpha value is -3.83. The van der Waals surface area contributed by atoms with E-state index < -0.39 is 11.9 Å². The number of halogens is 1. The highest BCUT2D eigenvalue weighted by Gasteiger charge is 2.21. The summed E-state index contributed by atoms with van der Waals surface area (Å²) in [6.07, 6.45) is 0.484. The molecule has 4 rings (SSSR count). The van der Waals surface area contributed by atoms with Gasteiger partial charge in [-0.2, -0.15) is 0 Å². The maximum Gasteiger partial charge on any atom is 0.337 e. The Labute approximate surface area is 190 Å². The molecule has 1 heterocycles. The molecule has 0 aliphatic heterocycles. The third-order valence-corrected chi connectivity index (χ3v) is 5.40. The largest absolute Gasteiger partial charge is 0.478 e. The standard InChI is InChI=1S/C26H20ClNO4/c1-16-22(15-23(32-16)18-10-12-20(27)13-11-18)25(29)28-24-19(8-5-9-21(24)26(30)31)14-17-6-3-2-4-7-17/h2-13,15H,14H2,1H3,(H,28,29)(H,30,31). The number of aryl methyl sites for hydroxylation is 1. The number of hydrogen-bond donors (Lipinski definition) is 2. The quantitative estimate of drug-likeness (QED) is 0.357. The smallest absolute Gasteiger partial charge is 0.337 e. The van der Waals surface area contributed by atoms with Crippen LogP contribution in [0.5, 0.6) is 0 Å². The third-order valence-electron chi connectivity index (χ3n) is 5.15. The van der Waals surface area contributed by atoms with Gasteiger partial charge < -0.3 is 14.8 Å². The van der Waals surface area contributed by atoms with Crippen molar-refractivity contribution in [1.82, 2.24) is 0 Å². The SMILES string of the molecule is Cc1oc(-c2ccc(Cl)cc2)cc1C(=O)Nc1c(Cc2ccccc2)cccc1C(=O)O. The summed E-state index contributed by atoms with van der Waals surface area (Å²) < 4.78 is 5.78. The Kier molecular flexibility index (Phi) is 6.10. The van der Waals surface area contributed by atoms with Gasteiger partial charge in [0.2, 0.25) is 0 Å². The van der Waals surface area contributed by atoms with Crippen molar-refractivity contribution in [1.29, 1.82) is 0 Å². The van der Waals surface area contributed by atoms with E-state index in [9.17, 15) is 14.7 Å². The van der Waals surface area contributed by atoms with Crippen LogP contribution in [0.15, 0.2) is 83.3 Å². The number of carboxylic acid groups (broad SMARTS) is 1. The van der Waals surface area contributed by atoms with Gasteiger partial charge in [-0.05, 0) is 60.9 Å². The summed E-state index contributed by atoms with van der Waals surface area (Å²) in [5, 5.41) is 13.1. The Bertz CT molecular complexity index is 1280. The van der Waals surface area contributed by atoms with Crippen molar-refractivity contribution in [2.24, 2.45) is 0 Å². The molecule has 0 bridgehead atoms. The van der Waals surface area contributed by atoms with Crippen LogP contribution in [0, 0.1) is 6.92 Å². The van der Waals surface area contributed by atoms with E-state index >= 15 is 0 Å². The predicted molar refractivity (Wildman–Crippen MR) is 124 cm³/mol. The van der Waals surface area contributed by atoms with Crippen molar-refractivity contribution in [3.05, 3.63) is 112 Å². The van der Waals surface area contributed by atoms with E-state index in [4.69, 9.17) is 16.0 Å². The molecule has 6 heteroatoms. The molecule has 0 spiro atoms. The lowest BCUT2D eigenvalue weighted by molar-refractivity contribution is 0.0698.